The lowest BCUT2D eigenvalue weighted by Gasteiger charge is -2.30. The van der Waals surface area contributed by atoms with Crippen LogP contribution in [-0.2, 0) is 9.53 Å². The Kier molecular flexibility index (Phi) is 6.13. The van der Waals surface area contributed by atoms with E-state index in [0.29, 0.717) is 5.41 Å². The van der Waals surface area contributed by atoms with Crippen molar-refractivity contribution in [2.24, 2.45) is 5.41 Å². The van der Waals surface area contributed by atoms with E-state index in [0.717, 1.165) is 32.4 Å². The van der Waals surface area contributed by atoms with E-state index < -0.39 is 0 Å². The van der Waals surface area contributed by atoms with Gasteiger partial charge in [-0.25, -0.2) is 0 Å². The van der Waals surface area contributed by atoms with Gasteiger partial charge >= 0.3 is 5.97 Å². The summed E-state index contributed by atoms with van der Waals surface area (Å²) in [6.07, 6.45) is 6.81. The first-order chi connectivity index (χ1) is 8.62. The number of ether oxygens (including phenoxy) is 1. The molecule has 1 aliphatic rings. The van der Waals surface area contributed by atoms with Crippen LogP contribution in [0.5, 0.6) is 0 Å². The maximum atomic E-state index is 11.9. The summed E-state index contributed by atoms with van der Waals surface area (Å²) in [7, 11) is 1.50. The van der Waals surface area contributed by atoms with Crippen molar-refractivity contribution >= 4 is 5.97 Å². The summed E-state index contributed by atoms with van der Waals surface area (Å²) in [6, 6.07) is -0.0186. The van der Waals surface area contributed by atoms with Crippen LogP contribution in [0.3, 0.4) is 0 Å². The van der Waals surface area contributed by atoms with Gasteiger partial charge in [0.2, 0.25) is 0 Å². The molecule has 1 atom stereocenters. The largest absolute Gasteiger partial charge is 0.468 e. The minimum atomic E-state index is -0.0496. The number of rotatable bonds is 7. The lowest BCUT2D eigenvalue weighted by molar-refractivity contribution is -0.147. The van der Waals surface area contributed by atoms with Gasteiger partial charge in [0.1, 0.15) is 6.04 Å². The molecule has 0 spiro atoms. The van der Waals surface area contributed by atoms with Crippen LogP contribution >= 0.6 is 0 Å². The summed E-state index contributed by atoms with van der Waals surface area (Å²) in [5.74, 6) is -0.0496. The molecule has 1 rings (SSSR count). The predicted molar refractivity (Wildman–Crippen MR) is 74.5 cm³/mol. The lowest BCUT2D eigenvalue weighted by Crippen LogP contribution is -2.41. The zero-order chi connectivity index (χ0) is 13.6. The van der Waals surface area contributed by atoms with Crippen molar-refractivity contribution in [3.8, 4) is 0 Å². The van der Waals surface area contributed by atoms with Crippen molar-refractivity contribution in [2.75, 3.05) is 20.2 Å². The molecule has 1 heterocycles. The highest BCUT2D eigenvalue weighted by Crippen LogP contribution is 2.38. The van der Waals surface area contributed by atoms with Crippen molar-refractivity contribution < 1.29 is 9.53 Å². The molecule has 1 fully saturated rings. The van der Waals surface area contributed by atoms with Crippen LogP contribution in [0.15, 0.2) is 0 Å². The van der Waals surface area contributed by atoms with Gasteiger partial charge in [0.05, 0.1) is 7.11 Å². The number of esters is 1. The molecule has 0 aliphatic carbocycles. The zero-order valence-electron chi connectivity index (χ0n) is 12.5. The standard InChI is InChI=1S/C15H29NO2/c1-5-8-9-13(14(17)18-4)16-11-10-15(6-2,7-3)12-16/h13H,5-12H2,1-4H3. The number of hydrogen-bond donors (Lipinski definition) is 0. The molecule has 106 valence electrons. The molecule has 0 amide bonds. The van der Waals surface area contributed by atoms with E-state index in [1.807, 2.05) is 0 Å². The number of likely N-dealkylation sites (tertiary alicyclic amines) is 1. The first-order valence-electron chi connectivity index (χ1n) is 7.44. The SMILES string of the molecule is CCCCC(C(=O)OC)N1CCC(CC)(CC)C1. The van der Waals surface area contributed by atoms with Crippen molar-refractivity contribution in [3.63, 3.8) is 0 Å². The molecular formula is C15H29NO2. The van der Waals surface area contributed by atoms with Gasteiger partial charge < -0.3 is 4.74 Å². The third-order valence-electron chi connectivity index (χ3n) is 4.71. The maximum Gasteiger partial charge on any atom is 0.323 e. The highest BCUT2D eigenvalue weighted by Gasteiger charge is 2.39. The third kappa shape index (κ3) is 3.47. The Morgan fingerprint density at radius 3 is 2.44 bits per heavy atom. The first-order valence-corrected chi connectivity index (χ1v) is 7.44. The molecule has 3 nitrogen and oxygen atoms in total. The monoisotopic (exact) mass is 255 g/mol. The molecule has 0 radical (unpaired) electrons. The van der Waals surface area contributed by atoms with Gasteiger partial charge in [-0.2, -0.15) is 0 Å². The minimum Gasteiger partial charge on any atom is -0.468 e. The van der Waals surface area contributed by atoms with Crippen molar-refractivity contribution in [1.82, 2.24) is 4.90 Å². The number of nitrogens with zero attached hydrogens (tertiary/aromatic N) is 1. The molecule has 1 saturated heterocycles. The average Bonchev–Trinajstić information content (AvgIpc) is 2.84. The Labute approximate surface area is 112 Å². The number of hydrogen-bond acceptors (Lipinski definition) is 3. The summed E-state index contributed by atoms with van der Waals surface area (Å²) in [6.45, 7) is 8.81. The molecule has 0 aromatic carbocycles. The van der Waals surface area contributed by atoms with Gasteiger partial charge in [0.25, 0.3) is 0 Å². The summed E-state index contributed by atoms with van der Waals surface area (Å²) >= 11 is 0. The number of carbonyl (C=O) groups excluding carboxylic acids is 1. The van der Waals surface area contributed by atoms with E-state index in [2.05, 4.69) is 25.7 Å². The number of carbonyl (C=O) groups is 1. The van der Waals surface area contributed by atoms with E-state index in [1.54, 1.807) is 0 Å². The van der Waals surface area contributed by atoms with E-state index in [-0.39, 0.29) is 12.0 Å². The number of unbranched alkanes of at least 4 members (excludes halogenated alkanes) is 1. The van der Waals surface area contributed by atoms with Crippen LogP contribution in [0.1, 0.15) is 59.3 Å². The minimum absolute atomic E-state index is 0.0186. The van der Waals surface area contributed by atoms with Crippen LogP contribution in [0, 0.1) is 5.41 Å². The van der Waals surface area contributed by atoms with Gasteiger partial charge in [-0.3, -0.25) is 9.69 Å². The summed E-state index contributed by atoms with van der Waals surface area (Å²) < 4.78 is 4.98. The van der Waals surface area contributed by atoms with E-state index in [4.69, 9.17) is 4.74 Å². The lowest BCUT2D eigenvalue weighted by atomic mass is 9.82. The molecule has 1 unspecified atom stereocenters. The van der Waals surface area contributed by atoms with Crippen molar-refractivity contribution in [2.45, 2.75) is 65.3 Å². The molecule has 0 bridgehead atoms. The average molecular weight is 255 g/mol. The molecule has 3 heteroatoms. The molecule has 1 aliphatic heterocycles. The van der Waals surface area contributed by atoms with Crippen LogP contribution in [0.4, 0.5) is 0 Å². The second-order valence-electron chi connectivity index (χ2n) is 5.61. The Morgan fingerprint density at radius 1 is 1.33 bits per heavy atom. The van der Waals surface area contributed by atoms with Gasteiger partial charge in [0, 0.05) is 6.54 Å². The van der Waals surface area contributed by atoms with Gasteiger partial charge in [0.15, 0.2) is 0 Å². The second kappa shape index (κ2) is 7.13. The van der Waals surface area contributed by atoms with Gasteiger partial charge in [-0.15, -0.1) is 0 Å². The van der Waals surface area contributed by atoms with E-state index in [9.17, 15) is 4.79 Å². The van der Waals surface area contributed by atoms with Crippen molar-refractivity contribution in [1.29, 1.82) is 0 Å². The Balaban J connectivity index is 2.67. The Morgan fingerprint density at radius 2 is 2.00 bits per heavy atom. The van der Waals surface area contributed by atoms with Crippen molar-refractivity contribution in [3.05, 3.63) is 0 Å². The highest BCUT2D eigenvalue weighted by atomic mass is 16.5. The summed E-state index contributed by atoms with van der Waals surface area (Å²) in [4.78, 5) is 14.3. The van der Waals surface area contributed by atoms with E-state index >= 15 is 0 Å². The maximum absolute atomic E-state index is 11.9. The zero-order valence-corrected chi connectivity index (χ0v) is 12.5. The second-order valence-corrected chi connectivity index (χ2v) is 5.61. The Bertz CT molecular complexity index is 261. The van der Waals surface area contributed by atoms with Crippen LogP contribution in [0.2, 0.25) is 0 Å². The third-order valence-corrected chi connectivity index (χ3v) is 4.71. The Hall–Kier alpha value is -0.570. The number of methoxy groups -OCH3 is 1. The van der Waals surface area contributed by atoms with Crippen LogP contribution < -0.4 is 0 Å². The first kappa shape index (κ1) is 15.5. The van der Waals surface area contributed by atoms with Gasteiger partial charge in [-0.05, 0) is 37.6 Å². The highest BCUT2D eigenvalue weighted by molar-refractivity contribution is 5.75. The molecule has 0 saturated carbocycles. The smallest absolute Gasteiger partial charge is 0.323 e. The molecule has 18 heavy (non-hydrogen) atoms. The van der Waals surface area contributed by atoms with E-state index in [1.165, 1.54) is 26.4 Å². The fourth-order valence-corrected chi connectivity index (χ4v) is 3.05. The normalized spacial score (nSPS) is 20.9. The summed E-state index contributed by atoms with van der Waals surface area (Å²) in [5, 5.41) is 0. The van der Waals surface area contributed by atoms with Crippen LogP contribution in [-0.4, -0.2) is 37.1 Å². The quantitative estimate of drug-likeness (QED) is 0.654. The topological polar surface area (TPSA) is 29.5 Å². The molecule has 0 aromatic rings. The van der Waals surface area contributed by atoms with Crippen LogP contribution in [0.25, 0.3) is 0 Å². The molecule has 0 aromatic heterocycles. The molecule has 0 N–H and O–H groups in total. The molecular weight excluding hydrogens is 226 g/mol. The fourth-order valence-electron chi connectivity index (χ4n) is 3.05. The predicted octanol–water partition coefficient (Wildman–Crippen LogP) is 3.23. The summed E-state index contributed by atoms with van der Waals surface area (Å²) in [5.41, 5.74) is 0.429. The van der Waals surface area contributed by atoms with Gasteiger partial charge in [-0.1, -0.05) is 33.6 Å². The fraction of sp³-hybridized carbons (Fsp3) is 0.933.